The lowest BCUT2D eigenvalue weighted by Crippen LogP contribution is -2.16. The summed E-state index contributed by atoms with van der Waals surface area (Å²) in [6.45, 7) is 8.21. The number of hydrogen-bond acceptors (Lipinski definition) is 3. The van der Waals surface area contributed by atoms with Gasteiger partial charge >= 0.3 is 5.97 Å². The molecule has 0 aliphatic rings. The van der Waals surface area contributed by atoms with Gasteiger partial charge in [-0.2, -0.15) is 0 Å². The van der Waals surface area contributed by atoms with Gasteiger partial charge < -0.3 is 10.1 Å². The molecule has 18 heavy (non-hydrogen) atoms. The van der Waals surface area contributed by atoms with E-state index in [9.17, 15) is 4.79 Å². The first kappa shape index (κ1) is 14.7. The lowest BCUT2D eigenvalue weighted by Gasteiger charge is -2.07. The van der Waals surface area contributed by atoms with Crippen LogP contribution in [-0.4, -0.2) is 19.1 Å². The van der Waals surface area contributed by atoms with Gasteiger partial charge in [0.05, 0.1) is 6.61 Å². The number of ether oxygens (including phenoxy) is 1. The second kappa shape index (κ2) is 7.88. The fourth-order valence-electron chi connectivity index (χ4n) is 1.99. The molecule has 0 radical (unpaired) electrons. The number of carbonyl (C=O) groups excluding carboxylic acids is 1. The maximum atomic E-state index is 11.1. The molecule has 0 saturated carbocycles. The smallest absolute Gasteiger partial charge is 0.305 e. The molecule has 0 heterocycles. The first-order chi connectivity index (χ1) is 8.61. The monoisotopic (exact) mass is 249 g/mol. The van der Waals surface area contributed by atoms with Crippen LogP contribution >= 0.6 is 0 Å². The van der Waals surface area contributed by atoms with Crippen LogP contribution in [0.15, 0.2) is 18.2 Å². The summed E-state index contributed by atoms with van der Waals surface area (Å²) in [7, 11) is 0. The summed E-state index contributed by atoms with van der Waals surface area (Å²) < 4.78 is 4.87. The van der Waals surface area contributed by atoms with E-state index in [1.807, 2.05) is 6.92 Å². The minimum atomic E-state index is -0.106. The zero-order valence-electron chi connectivity index (χ0n) is 11.6. The van der Waals surface area contributed by atoms with Crippen LogP contribution in [0, 0.1) is 13.8 Å². The lowest BCUT2D eigenvalue weighted by molar-refractivity contribution is -0.143. The predicted octanol–water partition coefficient (Wildman–Crippen LogP) is 2.74. The van der Waals surface area contributed by atoms with E-state index in [-0.39, 0.29) is 5.97 Å². The molecule has 0 bridgehead atoms. The Morgan fingerprint density at radius 3 is 2.50 bits per heavy atom. The molecule has 0 amide bonds. The van der Waals surface area contributed by atoms with Gasteiger partial charge in [-0.05, 0) is 39.3 Å². The van der Waals surface area contributed by atoms with Gasteiger partial charge in [-0.1, -0.05) is 29.3 Å². The minimum Gasteiger partial charge on any atom is -0.466 e. The molecule has 3 nitrogen and oxygen atoms in total. The topological polar surface area (TPSA) is 38.3 Å². The number of nitrogens with one attached hydrogen (secondary N) is 1. The van der Waals surface area contributed by atoms with E-state index in [4.69, 9.17) is 4.74 Å². The van der Waals surface area contributed by atoms with Crippen molar-refractivity contribution in [3.8, 4) is 0 Å². The van der Waals surface area contributed by atoms with Crippen LogP contribution in [-0.2, 0) is 16.1 Å². The molecule has 0 spiro atoms. The van der Waals surface area contributed by atoms with Crippen LogP contribution in [0.5, 0.6) is 0 Å². The van der Waals surface area contributed by atoms with Crippen molar-refractivity contribution in [3.63, 3.8) is 0 Å². The van der Waals surface area contributed by atoms with E-state index < -0.39 is 0 Å². The van der Waals surface area contributed by atoms with E-state index in [1.54, 1.807) is 0 Å². The Morgan fingerprint density at radius 2 is 1.89 bits per heavy atom. The van der Waals surface area contributed by atoms with Crippen LogP contribution in [0.3, 0.4) is 0 Å². The molecule has 1 N–H and O–H groups in total. The van der Waals surface area contributed by atoms with Crippen LogP contribution in [0.1, 0.15) is 36.5 Å². The molecule has 1 aromatic carbocycles. The number of hydrogen-bond donors (Lipinski definition) is 1. The Hall–Kier alpha value is -1.35. The number of benzene rings is 1. The molecule has 1 aromatic rings. The standard InChI is InChI=1S/C15H23NO2/c1-4-18-15(17)6-5-7-16-11-14-9-12(2)8-13(3)10-14/h8-10,16H,4-7,11H2,1-3H3. The highest BCUT2D eigenvalue weighted by Crippen LogP contribution is 2.08. The quantitative estimate of drug-likeness (QED) is 0.596. The van der Waals surface area contributed by atoms with Crippen LogP contribution in [0.25, 0.3) is 0 Å². The van der Waals surface area contributed by atoms with Crippen molar-refractivity contribution in [1.82, 2.24) is 5.32 Å². The zero-order valence-corrected chi connectivity index (χ0v) is 11.6. The molecule has 0 saturated heterocycles. The summed E-state index contributed by atoms with van der Waals surface area (Å²) in [6, 6.07) is 6.54. The van der Waals surface area contributed by atoms with Crippen molar-refractivity contribution < 1.29 is 9.53 Å². The molecule has 3 heteroatoms. The molecule has 0 atom stereocenters. The van der Waals surface area contributed by atoms with Gasteiger partial charge in [0, 0.05) is 13.0 Å². The van der Waals surface area contributed by atoms with E-state index in [1.165, 1.54) is 16.7 Å². The first-order valence-electron chi connectivity index (χ1n) is 6.55. The third-order valence-electron chi connectivity index (χ3n) is 2.65. The Morgan fingerprint density at radius 1 is 1.22 bits per heavy atom. The Labute approximate surface area is 110 Å². The Balaban J connectivity index is 2.19. The fourth-order valence-corrected chi connectivity index (χ4v) is 1.99. The third kappa shape index (κ3) is 5.82. The number of aryl methyl sites for hydroxylation is 2. The fraction of sp³-hybridized carbons (Fsp3) is 0.533. The minimum absolute atomic E-state index is 0.106. The summed E-state index contributed by atoms with van der Waals surface area (Å²) in [5.41, 5.74) is 3.88. The zero-order chi connectivity index (χ0) is 13.4. The summed E-state index contributed by atoms with van der Waals surface area (Å²) in [4.78, 5) is 11.1. The van der Waals surface area contributed by atoms with Crippen molar-refractivity contribution in [2.45, 2.75) is 40.2 Å². The normalized spacial score (nSPS) is 10.4. The SMILES string of the molecule is CCOC(=O)CCCNCc1cc(C)cc(C)c1. The lowest BCUT2D eigenvalue weighted by atomic mass is 10.1. The van der Waals surface area contributed by atoms with E-state index in [2.05, 4.69) is 37.4 Å². The van der Waals surface area contributed by atoms with Crippen LogP contribution < -0.4 is 5.32 Å². The first-order valence-corrected chi connectivity index (χ1v) is 6.55. The van der Waals surface area contributed by atoms with Gasteiger partial charge in [0.15, 0.2) is 0 Å². The molecule has 0 aliphatic heterocycles. The van der Waals surface area contributed by atoms with Crippen molar-refractivity contribution in [2.75, 3.05) is 13.2 Å². The Bertz CT molecular complexity index is 368. The van der Waals surface area contributed by atoms with Gasteiger partial charge in [-0.3, -0.25) is 4.79 Å². The van der Waals surface area contributed by atoms with Crippen molar-refractivity contribution in [3.05, 3.63) is 34.9 Å². The average molecular weight is 249 g/mol. The maximum Gasteiger partial charge on any atom is 0.305 e. The molecule has 1 rings (SSSR count). The van der Waals surface area contributed by atoms with Gasteiger partial charge in [0.2, 0.25) is 0 Å². The van der Waals surface area contributed by atoms with Gasteiger partial charge in [0.25, 0.3) is 0 Å². The molecular weight excluding hydrogens is 226 g/mol. The van der Waals surface area contributed by atoms with Crippen molar-refractivity contribution >= 4 is 5.97 Å². The predicted molar refractivity (Wildman–Crippen MR) is 73.5 cm³/mol. The van der Waals surface area contributed by atoms with Crippen molar-refractivity contribution in [2.24, 2.45) is 0 Å². The largest absolute Gasteiger partial charge is 0.466 e. The van der Waals surface area contributed by atoms with Crippen molar-refractivity contribution in [1.29, 1.82) is 0 Å². The molecular formula is C15H23NO2. The van der Waals surface area contributed by atoms with Crippen LogP contribution in [0.4, 0.5) is 0 Å². The van der Waals surface area contributed by atoms with Gasteiger partial charge in [0.1, 0.15) is 0 Å². The van der Waals surface area contributed by atoms with E-state index in [0.29, 0.717) is 13.0 Å². The summed E-state index contributed by atoms with van der Waals surface area (Å²) in [5, 5.41) is 3.35. The summed E-state index contributed by atoms with van der Waals surface area (Å²) >= 11 is 0. The van der Waals surface area contributed by atoms with E-state index in [0.717, 1.165) is 19.5 Å². The molecule has 0 fully saturated rings. The second-order valence-corrected chi connectivity index (χ2v) is 4.58. The summed E-state index contributed by atoms with van der Waals surface area (Å²) in [6.07, 6.45) is 1.32. The average Bonchev–Trinajstić information content (AvgIpc) is 2.27. The van der Waals surface area contributed by atoms with Gasteiger partial charge in [-0.15, -0.1) is 0 Å². The maximum absolute atomic E-state index is 11.1. The number of carbonyl (C=O) groups is 1. The number of esters is 1. The molecule has 100 valence electrons. The van der Waals surface area contributed by atoms with Gasteiger partial charge in [-0.25, -0.2) is 0 Å². The van der Waals surface area contributed by atoms with Crippen LogP contribution in [0.2, 0.25) is 0 Å². The van der Waals surface area contributed by atoms with E-state index >= 15 is 0 Å². The summed E-state index contributed by atoms with van der Waals surface area (Å²) in [5.74, 6) is -0.106. The highest BCUT2D eigenvalue weighted by atomic mass is 16.5. The number of rotatable bonds is 7. The highest BCUT2D eigenvalue weighted by molar-refractivity contribution is 5.69. The molecule has 0 unspecified atom stereocenters. The third-order valence-corrected chi connectivity index (χ3v) is 2.65. The molecule has 0 aliphatic carbocycles. The molecule has 0 aromatic heterocycles. The highest BCUT2D eigenvalue weighted by Gasteiger charge is 2.00. The second-order valence-electron chi connectivity index (χ2n) is 4.58. The Kier molecular flexibility index (Phi) is 6.44.